The quantitative estimate of drug-likeness (QED) is 0.518. The number of alkyl halides is 6. The Labute approximate surface area is 225 Å². The molecule has 11 nitrogen and oxygen atoms in total. The Morgan fingerprint density at radius 1 is 0.800 bits per heavy atom. The molecule has 1 fully saturated rings. The molecule has 2 aromatic rings. The molecule has 0 saturated carbocycles. The fourth-order valence-electron chi connectivity index (χ4n) is 3.74. The first-order chi connectivity index (χ1) is 18.5. The van der Waals surface area contributed by atoms with Crippen molar-refractivity contribution in [1.29, 1.82) is 0 Å². The summed E-state index contributed by atoms with van der Waals surface area (Å²) in [6.45, 7) is 5.92. The van der Waals surface area contributed by atoms with Gasteiger partial charge in [0.15, 0.2) is 0 Å². The van der Waals surface area contributed by atoms with Crippen molar-refractivity contribution in [3.63, 3.8) is 0 Å². The molecule has 0 spiro atoms. The van der Waals surface area contributed by atoms with Crippen LogP contribution in [-0.2, 0) is 22.4 Å². The second-order valence-corrected chi connectivity index (χ2v) is 9.01. The molecule has 2 aromatic heterocycles. The summed E-state index contributed by atoms with van der Waals surface area (Å²) in [7, 11) is 4.14. The highest BCUT2D eigenvalue weighted by molar-refractivity contribution is 5.73. The van der Waals surface area contributed by atoms with Gasteiger partial charge in [-0.1, -0.05) is 0 Å². The lowest BCUT2D eigenvalue weighted by Crippen LogP contribution is -2.28. The van der Waals surface area contributed by atoms with Gasteiger partial charge in [-0.3, -0.25) is 0 Å². The maximum Gasteiger partial charge on any atom is 0.490 e. The Morgan fingerprint density at radius 2 is 1.25 bits per heavy atom. The number of rotatable bonds is 3. The summed E-state index contributed by atoms with van der Waals surface area (Å²) in [4.78, 5) is 43.4. The number of carboxylic acids is 2. The minimum atomic E-state index is -5.08. The van der Waals surface area contributed by atoms with E-state index in [4.69, 9.17) is 29.8 Å². The van der Waals surface area contributed by atoms with Gasteiger partial charge in [0.05, 0.1) is 5.69 Å². The molecule has 0 aromatic carbocycles. The molecule has 2 N–H and O–H groups in total. The first-order valence-electron chi connectivity index (χ1n) is 12.0. The van der Waals surface area contributed by atoms with E-state index < -0.39 is 24.3 Å². The lowest BCUT2D eigenvalue weighted by atomic mass is 10.1. The van der Waals surface area contributed by atoms with Crippen LogP contribution in [0.15, 0.2) is 12.4 Å². The third kappa shape index (κ3) is 9.37. The third-order valence-corrected chi connectivity index (χ3v) is 5.66. The molecule has 0 bridgehead atoms. The zero-order chi connectivity index (χ0) is 30.3. The van der Waals surface area contributed by atoms with Gasteiger partial charge >= 0.3 is 24.3 Å². The summed E-state index contributed by atoms with van der Waals surface area (Å²) in [5.74, 6) is -2.75. The molecule has 4 rings (SSSR count). The smallest absolute Gasteiger partial charge is 0.475 e. The van der Waals surface area contributed by atoms with E-state index in [1.54, 1.807) is 0 Å². The van der Waals surface area contributed by atoms with Gasteiger partial charge in [-0.05, 0) is 31.7 Å². The molecule has 1 saturated heterocycles. The normalized spacial score (nSPS) is 15.1. The SMILES string of the molecule is Cc1cnc(N2CCc3nc(N4CCCC4)nc(N(C)C)c3CC2)nc1.O=C(O)C(F)(F)F.O=C(O)C(F)(F)F. The predicted molar refractivity (Wildman–Crippen MR) is 132 cm³/mol. The van der Waals surface area contributed by atoms with Crippen LogP contribution in [0.4, 0.5) is 44.1 Å². The van der Waals surface area contributed by atoms with Crippen molar-refractivity contribution in [2.45, 2.75) is 45.0 Å². The number of fused-ring (bicyclic) bond motifs is 1. The lowest BCUT2D eigenvalue weighted by Gasteiger charge is -2.22. The van der Waals surface area contributed by atoms with E-state index in [0.717, 1.165) is 62.3 Å². The number of hydrogen-bond donors (Lipinski definition) is 2. The highest BCUT2D eigenvalue weighted by Gasteiger charge is 2.38. The average molecular weight is 582 g/mol. The highest BCUT2D eigenvalue weighted by Crippen LogP contribution is 2.28. The number of nitrogens with zero attached hydrogens (tertiary/aromatic N) is 7. The van der Waals surface area contributed by atoms with Crippen molar-refractivity contribution in [1.82, 2.24) is 19.9 Å². The van der Waals surface area contributed by atoms with Crippen LogP contribution in [-0.4, -0.2) is 94.7 Å². The molecule has 0 atom stereocenters. The van der Waals surface area contributed by atoms with Crippen LogP contribution in [0.5, 0.6) is 0 Å². The maximum atomic E-state index is 10.6. The fraction of sp³-hybridized carbons (Fsp3) is 0.565. The van der Waals surface area contributed by atoms with Crippen LogP contribution in [0.3, 0.4) is 0 Å². The molecule has 40 heavy (non-hydrogen) atoms. The van der Waals surface area contributed by atoms with E-state index in [1.807, 2.05) is 19.3 Å². The molecule has 0 radical (unpaired) electrons. The largest absolute Gasteiger partial charge is 0.490 e. The number of hydrogen-bond acceptors (Lipinski definition) is 9. The van der Waals surface area contributed by atoms with Gasteiger partial charge in [0.25, 0.3) is 0 Å². The van der Waals surface area contributed by atoms with Crippen molar-refractivity contribution in [3.8, 4) is 0 Å². The number of aryl methyl sites for hydroxylation is 1. The lowest BCUT2D eigenvalue weighted by molar-refractivity contribution is -0.193. The Morgan fingerprint density at radius 3 is 1.70 bits per heavy atom. The van der Waals surface area contributed by atoms with E-state index in [0.29, 0.717) is 0 Å². The van der Waals surface area contributed by atoms with Crippen LogP contribution in [0, 0.1) is 6.92 Å². The molecule has 4 heterocycles. The summed E-state index contributed by atoms with van der Waals surface area (Å²) in [6, 6.07) is 0. The van der Waals surface area contributed by atoms with Gasteiger partial charge < -0.3 is 24.9 Å². The van der Waals surface area contributed by atoms with Gasteiger partial charge in [-0.2, -0.15) is 31.3 Å². The Bertz CT molecular complexity index is 1130. The first kappa shape index (κ1) is 32.3. The summed E-state index contributed by atoms with van der Waals surface area (Å²) in [5, 5.41) is 14.2. The number of halogens is 6. The van der Waals surface area contributed by atoms with E-state index >= 15 is 0 Å². The van der Waals surface area contributed by atoms with E-state index in [2.05, 4.69) is 38.8 Å². The molecular weight excluding hydrogens is 552 g/mol. The molecule has 0 unspecified atom stereocenters. The van der Waals surface area contributed by atoms with Crippen molar-refractivity contribution in [3.05, 3.63) is 29.2 Å². The Hall–Kier alpha value is -3.92. The van der Waals surface area contributed by atoms with Gasteiger partial charge in [0, 0.05) is 64.7 Å². The van der Waals surface area contributed by atoms with Gasteiger partial charge in [-0.15, -0.1) is 0 Å². The number of carbonyl (C=O) groups is 2. The van der Waals surface area contributed by atoms with Gasteiger partial charge in [0.2, 0.25) is 11.9 Å². The minimum Gasteiger partial charge on any atom is -0.475 e. The average Bonchev–Trinajstić information content (AvgIpc) is 3.31. The maximum absolute atomic E-state index is 10.6. The summed E-state index contributed by atoms with van der Waals surface area (Å²) in [6.07, 6.45) is -2.11. The number of aromatic nitrogens is 4. The minimum absolute atomic E-state index is 0.808. The number of carboxylic acid groups (broad SMARTS) is 2. The highest BCUT2D eigenvalue weighted by atomic mass is 19.4. The van der Waals surface area contributed by atoms with Crippen molar-refractivity contribution in [2.75, 3.05) is 55.0 Å². The molecular formula is C23H29F6N7O4. The van der Waals surface area contributed by atoms with Gasteiger partial charge in [0.1, 0.15) is 5.82 Å². The number of anilines is 3. The molecule has 0 amide bonds. The van der Waals surface area contributed by atoms with E-state index in [1.165, 1.54) is 24.1 Å². The summed E-state index contributed by atoms with van der Waals surface area (Å²) in [5.41, 5.74) is 3.54. The molecule has 2 aliphatic heterocycles. The van der Waals surface area contributed by atoms with Crippen molar-refractivity contribution < 1.29 is 46.1 Å². The van der Waals surface area contributed by atoms with E-state index in [-0.39, 0.29) is 0 Å². The van der Waals surface area contributed by atoms with Crippen molar-refractivity contribution in [2.24, 2.45) is 0 Å². The zero-order valence-electron chi connectivity index (χ0n) is 21.9. The molecule has 17 heteroatoms. The fourth-order valence-corrected chi connectivity index (χ4v) is 3.74. The van der Waals surface area contributed by atoms with Gasteiger partial charge in [-0.25, -0.2) is 24.5 Å². The molecule has 0 aliphatic carbocycles. The van der Waals surface area contributed by atoms with Crippen LogP contribution < -0.4 is 14.7 Å². The van der Waals surface area contributed by atoms with Crippen molar-refractivity contribution >= 4 is 29.7 Å². The Balaban J connectivity index is 0.000000333. The number of aliphatic carboxylic acids is 2. The second-order valence-electron chi connectivity index (χ2n) is 9.01. The predicted octanol–water partition coefficient (Wildman–Crippen LogP) is 3.11. The Kier molecular flexibility index (Phi) is 10.8. The topological polar surface area (TPSA) is 136 Å². The van der Waals surface area contributed by atoms with E-state index in [9.17, 15) is 26.3 Å². The second kappa shape index (κ2) is 13.4. The monoisotopic (exact) mass is 581 g/mol. The van der Waals surface area contributed by atoms with Crippen LogP contribution >= 0.6 is 0 Å². The third-order valence-electron chi connectivity index (χ3n) is 5.66. The molecule has 222 valence electrons. The summed E-state index contributed by atoms with van der Waals surface area (Å²) < 4.78 is 63.5. The van der Waals surface area contributed by atoms with Crippen LogP contribution in [0.2, 0.25) is 0 Å². The summed E-state index contributed by atoms with van der Waals surface area (Å²) >= 11 is 0. The van der Waals surface area contributed by atoms with Crippen LogP contribution in [0.1, 0.15) is 29.7 Å². The standard InChI is InChI=1S/C19H27N7.2C2HF3O2/c1-14-12-20-18(21-13-14)26-10-6-15-16(7-11-26)22-19(23-17(15)24(2)3)25-8-4-5-9-25;2*3-2(4,5)1(6)7/h12-13H,4-11H2,1-3H3;2*(H,6,7). The van der Waals surface area contributed by atoms with Crippen LogP contribution in [0.25, 0.3) is 0 Å². The first-order valence-corrected chi connectivity index (χ1v) is 12.0. The molecule has 2 aliphatic rings. The zero-order valence-corrected chi connectivity index (χ0v) is 21.9.